The van der Waals surface area contributed by atoms with Gasteiger partial charge in [-0.2, -0.15) is 0 Å². The zero-order valence-electron chi connectivity index (χ0n) is 12.3. The van der Waals surface area contributed by atoms with Gasteiger partial charge in [0.15, 0.2) is 5.82 Å². The van der Waals surface area contributed by atoms with Crippen molar-refractivity contribution in [3.05, 3.63) is 12.1 Å². The number of carbonyl (C=O) groups excluding carboxylic acids is 1. The van der Waals surface area contributed by atoms with E-state index in [-0.39, 0.29) is 12.0 Å². The highest BCUT2D eigenvalue weighted by Crippen LogP contribution is 2.17. The average molecular weight is 278 g/mol. The van der Waals surface area contributed by atoms with E-state index in [1.807, 2.05) is 20.8 Å². The van der Waals surface area contributed by atoms with Crippen LogP contribution in [0.2, 0.25) is 0 Å². The van der Waals surface area contributed by atoms with Gasteiger partial charge in [-0.15, -0.1) is 10.2 Å². The van der Waals surface area contributed by atoms with Crippen LogP contribution in [0.4, 0.5) is 11.6 Å². The van der Waals surface area contributed by atoms with Gasteiger partial charge >= 0.3 is 0 Å². The first kappa shape index (κ1) is 14.7. The van der Waals surface area contributed by atoms with Gasteiger partial charge in [-0.05, 0) is 25.0 Å². The number of hydrogen-bond donors (Lipinski definition) is 2. The molecule has 1 saturated heterocycles. The summed E-state index contributed by atoms with van der Waals surface area (Å²) in [4.78, 5) is 11.8. The van der Waals surface area contributed by atoms with Crippen LogP contribution in [0.5, 0.6) is 0 Å². The van der Waals surface area contributed by atoms with E-state index in [0.717, 1.165) is 26.0 Å². The number of aromatic nitrogens is 2. The molecule has 1 aliphatic heterocycles. The van der Waals surface area contributed by atoms with Crippen LogP contribution >= 0.6 is 0 Å². The lowest BCUT2D eigenvalue weighted by molar-refractivity contribution is -0.123. The highest BCUT2D eigenvalue weighted by atomic mass is 16.5. The fraction of sp³-hybridized carbons (Fsp3) is 0.643. The Morgan fingerprint density at radius 3 is 2.60 bits per heavy atom. The molecule has 2 rings (SSSR count). The van der Waals surface area contributed by atoms with Gasteiger partial charge in [-0.25, -0.2) is 0 Å². The summed E-state index contributed by atoms with van der Waals surface area (Å²) in [6.45, 7) is 7.14. The Balaban J connectivity index is 1.84. The molecule has 0 spiro atoms. The molecule has 0 radical (unpaired) electrons. The third kappa shape index (κ3) is 4.16. The van der Waals surface area contributed by atoms with E-state index in [0.29, 0.717) is 11.6 Å². The van der Waals surface area contributed by atoms with Crippen molar-refractivity contribution in [1.82, 2.24) is 10.2 Å². The Hall–Kier alpha value is -1.69. The maximum absolute atomic E-state index is 11.8. The number of nitrogens with zero attached hydrogens (tertiary/aromatic N) is 2. The quantitative estimate of drug-likeness (QED) is 0.881. The predicted octanol–water partition coefficient (Wildman–Crippen LogP) is 2.05. The largest absolute Gasteiger partial charge is 0.376 e. The molecule has 2 heterocycles. The lowest BCUT2D eigenvalue weighted by atomic mass is 9.96. The van der Waals surface area contributed by atoms with E-state index in [9.17, 15) is 4.79 Å². The molecule has 1 aromatic rings. The summed E-state index contributed by atoms with van der Waals surface area (Å²) in [6.07, 6.45) is 2.47. The first-order chi connectivity index (χ1) is 9.45. The number of carbonyl (C=O) groups is 1. The van der Waals surface area contributed by atoms with Crippen molar-refractivity contribution in [2.75, 3.05) is 23.8 Å². The molecular weight excluding hydrogens is 256 g/mol. The van der Waals surface area contributed by atoms with Crippen molar-refractivity contribution in [3.63, 3.8) is 0 Å². The molecular formula is C14H22N4O2. The molecule has 2 N–H and O–H groups in total. The fourth-order valence-corrected chi connectivity index (χ4v) is 1.82. The maximum atomic E-state index is 11.8. The summed E-state index contributed by atoms with van der Waals surface area (Å²) < 4.78 is 5.52. The molecule has 110 valence electrons. The highest BCUT2D eigenvalue weighted by molar-refractivity contribution is 5.93. The smallest absolute Gasteiger partial charge is 0.230 e. The molecule has 1 aromatic heterocycles. The number of amides is 1. The number of rotatable bonds is 4. The second kappa shape index (κ2) is 6.17. The minimum absolute atomic E-state index is 0.0770. The normalized spacial score (nSPS) is 18.9. The summed E-state index contributed by atoms with van der Waals surface area (Å²) in [5.41, 5.74) is -0.446. The Kier molecular flexibility index (Phi) is 4.54. The van der Waals surface area contributed by atoms with Crippen molar-refractivity contribution in [2.24, 2.45) is 5.41 Å². The van der Waals surface area contributed by atoms with Crippen LogP contribution in [0, 0.1) is 5.41 Å². The minimum Gasteiger partial charge on any atom is -0.376 e. The van der Waals surface area contributed by atoms with Crippen LogP contribution in [0.1, 0.15) is 33.6 Å². The Bertz CT molecular complexity index is 447. The van der Waals surface area contributed by atoms with Crippen LogP contribution < -0.4 is 10.6 Å². The number of hydrogen-bond acceptors (Lipinski definition) is 5. The molecule has 1 amide bonds. The molecule has 0 aromatic carbocycles. The molecule has 0 bridgehead atoms. The second-order valence-corrected chi connectivity index (χ2v) is 6.02. The van der Waals surface area contributed by atoms with Gasteiger partial charge in [-0.1, -0.05) is 20.8 Å². The third-order valence-corrected chi connectivity index (χ3v) is 3.12. The summed E-state index contributed by atoms with van der Waals surface area (Å²) >= 11 is 0. The topological polar surface area (TPSA) is 76.1 Å². The van der Waals surface area contributed by atoms with Crippen molar-refractivity contribution in [1.29, 1.82) is 0 Å². The number of nitrogens with one attached hydrogen (secondary N) is 2. The van der Waals surface area contributed by atoms with E-state index in [1.54, 1.807) is 12.1 Å². The standard InChI is InChI=1S/C14H22N4O2/c1-14(2,3)13(19)16-12-7-6-11(17-18-12)15-9-10-5-4-8-20-10/h6-7,10H,4-5,8-9H2,1-3H3,(H,15,17)(H,16,18,19). The van der Waals surface area contributed by atoms with Gasteiger partial charge in [0.1, 0.15) is 5.82 Å². The van der Waals surface area contributed by atoms with E-state index in [4.69, 9.17) is 4.74 Å². The second-order valence-electron chi connectivity index (χ2n) is 6.02. The average Bonchev–Trinajstić information content (AvgIpc) is 2.90. The summed E-state index contributed by atoms with van der Waals surface area (Å²) in [5.74, 6) is 1.08. The Labute approximate surface area is 119 Å². The van der Waals surface area contributed by atoms with E-state index in [1.165, 1.54) is 0 Å². The highest BCUT2D eigenvalue weighted by Gasteiger charge is 2.21. The lowest BCUT2D eigenvalue weighted by Gasteiger charge is -2.17. The van der Waals surface area contributed by atoms with Crippen LogP contribution in [0.15, 0.2) is 12.1 Å². The Morgan fingerprint density at radius 2 is 2.05 bits per heavy atom. The maximum Gasteiger partial charge on any atom is 0.230 e. The Morgan fingerprint density at radius 1 is 1.35 bits per heavy atom. The fourth-order valence-electron chi connectivity index (χ4n) is 1.82. The third-order valence-electron chi connectivity index (χ3n) is 3.12. The minimum atomic E-state index is -0.446. The van der Waals surface area contributed by atoms with Gasteiger partial charge in [0.2, 0.25) is 5.91 Å². The van der Waals surface area contributed by atoms with E-state index >= 15 is 0 Å². The van der Waals surface area contributed by atoms with Gasteiger partial charge in [0, 0.05) is 18.6 Å². The SMILES string of the molecule is CC(C)(C)C(=O)Nc1ccc(NCC2CCCO2)nn1. The molecule has 1 fully saturated rings. The van der Waals surface area contributed by atoms with Crippen molar-refractivity contribution in [3.8, 4) is 0 Å². The molecule has 20 heavy (non-hydrogen) atoms. The van der Waals surface area contributed by atoms with Gasteiger partial charge in [0.05, 0.1) is 6.10 Å². The first-order valence-electron chi connectivity index (χ1n) is 6.96. The summed E-state index contributed by atoms with van der Waals surface area (Å²) in [5, 5.41) is 14.0. The van der Waals surface area contributed by atoms with Gasteiger partial charge in [-0.3, -0.25) is 4.79 Å². The summed E-state index contributed by atoms with van der Waals surface area (Å²) in [6, 6.07) is 3.55. The zero-order valence-corrected chi connectivity index (χ0v) is 12.3. The van der Waals surface area contributed by atoms with Crippen LogP contribution in [0.25, 0.3) is 0 Å². The van der Waals surface area contributed by atoms with Gasteiger partial charge < -0.3 is 15.4 Å². The van der Waals surface area contributed by atoms with Crippen LogP contribution in [0.3, 0.4) is 0 Å². The molecule has 1 aliphatic rings. The molecule has 6 heteroatoms. The molecule has 6 nitrogen and oxygen atoms in total. The lowest BCUT2D eigenvalue weighted by Crippen LogP contribution is -2.28. The molecule has 0 saturated carbocycles. The summed E-state index contributed by atoms with van der Waals surface area (Å²) in [7, 11) is 0. The number of ether oxygens (including phenoxy) is 1. The van der Waals surface area contributed by atoms with Gasteiger partial charge in [0.25, 0.3) is 0 Å². The van der Waals surface area contributed by atoms with E-state index < -0.39 is 5.41 Å². The van der Waals surface area contributed by atoms with Crippen LogP contribution in [-0.4, -0.2) is 35.4 Å². The molecule has 0 aliphatic carbocycles. The van der Waals surface area contributed by atoms with Crippen molar-refractivity contribution >= 4 is 17.5 Å². The first-order valence-corrected chi connectivity index (χ1v) is 6.96. The predicted molar refractivity (Wildman–Crippen MR) is 77.6 cm³/mol. The van der Waals surface area contributed by atoms with E-state index in [2.05, 4.69) is 20.8 Å². The van der Waals surface area contributed by atoms with Crippen LogP contribution in [-0.2, 0) is 9.53 Å². The molecule has 1 unspecified atom stereocenters. The number of anilines is 2. The monoisotopic (exact) mass is 278 g/mol. The van der Waals surface area contributed by atoms with Crippen molar-refractivity contribution in [2.45, 2.75) is 39.7 Å². The van der Waals surface area contributed by atoms with Crippen molar-refractivity contribution < 1.29 is 9.53 Å². The molecule has 1 atom stereocenters. The zero-order chi connectivity index (χ0) is 14.6.